The minimum atomic E-state index is -3.93. The van der Waals surface area contributed by atoms with Gasteiger partial charge in [0.25, 0.3) is 0 Å². The number of hydrogen-bond donors (Lipinski definition) is 1. The Morgan fingerprint density at radius 1 is 0.947 bits per heavy atom. The first-order valence-electron chi connectivity index (χ1n) is 12.5. The van der Waals surface area contributed by atoms with Crippen molar-refractivity contribution in [3.05, 3.63) is 101 Å². The Hall–Kier alpha value is -3.20. The Kier molecular flexibility index (Phi) is 10.5. The van der Waals surface area contributed by atoms with Gasteiger partial charge in [0.2, 0.25) is 21.8 Å². The van der Waals surface area contributed by atoms with Crippen molar-refractivity contribution in [3.63, 3.8) is 0 Å². The second-order valence-corrected chi connectivity index (χ2v) is 11.6. The van der Waals surface area contributed by atoms with Gasteiger partial charge in [0.15, 0.2) is 0 Å². The van der Waals surface area contributed by atoms with E-state index in [2.05, 4.69) is 5.32 Å². The average Bonchev–Trinajstić information content (AvgIpc) is 2.91. The standard InChI is InChI=1S/C29H34ClN3O4S/c1-4-18-31-29(35)27(19-23-10-6-5-7-11-23)33(20-24-12-8-9-13-26(24)30)28(34)21-32(3)38(36,37)25-16-14-22(2)15-17-25/h5-17,27H,4,18-21H2,1-3H3,(H,31,35)/t27-/m1/s1. The SMILES string of the molecule is CCCNC(=O)[C@@H](Cc1ccccc1)N(Cc1ccccc1Cl)C(=O)CN(C)S(=O)(=O)c1ccc(C)cc1. The highest BCUT2D eigenvalue weighted by atomic mass is 35.5. The van der Waals surface area contributed by atoms with E-state index in [9.17, 15) is 18.0 Å². The number of benzene rings is 3. The fourth-order valence-electron chi connectivity index (χ4n) is 3.99. The van der Waals surface area contributed by atoms with E-state index in [-0.39, 0.29) is 23.8 Å². The highest BCUT2D eigenvalue weighted by Crippen LogP contribution is 2.22. The van der Waals surface area contributed by atoms with Crippen molar-refractivity contribution in [3.8, 4) is 0 Å². The van der Waals surface area contributed by atoms with Gasteiger partial charge in [0, 0.05) is 31.6 Å². The molecule has 0 aromatic heterocycles. The third-order valence-electron chi connectivity index (χ3n) is 6.21. The molecule has 1 atom stereocenters. The Balaban J connectivity index is 1.97. The fraction of sp³-hybridized carbons (Fsp3) is 0.310. The summed E-state index contributed by atoms with van der Waals surface area (Å²) >= 11 is 6.43. The molecule has 2 amide bonds. The molecule has 9 heteroatoms. The van der Waals surface area contributed by atoms with E-state index < -0.39 is 28.5 Å². The maximum absolute atomic E-state index is 13.8. The molecule has 0 aliphatic carbocycles. The summed E-state index contributed by atoms with van der Waals surface area (Å²) in [5.74, 6) is -0.809. The van der Waals surface area contributed by atoms with Crippen molar-refractivity contribution >= 4 is 33.4 Å². The second kappa shape index (κ2) is 13.6. The lowest BCUT2D eigenvalue weighted by atomic mass is 10.0. The molecule has 0 spiro atoms. The van der Waals surface area contributed by atoms with E-state index in [1.165, 1.54) is 24.1 Å². The van der Waals surface area contributed by atoms with Crippen molar-refractivity contribution in [2.45, 2.75) is 44.2 Å². The smallest absolute Gasteiger partial charge is 0.243 e. The first-order chi connectivity index (χ1) is 18.1. The van der Waals surface area contributed by atoms with Crippen LogP contribution in [0.15, 0.2) is 83.8 Å². The zero-order valence-electron chi connectivity index (χ0n) is 21.9. The van der Waals surface area contributed by atoms with Gasteiger partial charge >= 0.3 is 0 Å². The molecule has 0 saturated heterocycles. The molecule has 1 N–H and O–H groups in total. The summed E-state index contributed by atoms with van der Waals surface area (Å²) in [5, 5.41) is 3.36. The summed E-state index contributed by atoms with van der Waals surface area (Å²) in [6, 6.07) is 22.1. The molecule has 0 aliphatic rings. The quantitative estimate of drug-likeness (QED) is 0.358. The minimum absolute atomic E-state index is 0.0496. The van der Waals surface area contributed by atoms with Crippen LogP contribution in [0.4, 0.5) is 0 Å². The van der Waals surface area contributed by atoms with Gasteiger partial charge in [-0.2, -0.15) is 4.31 Å². The Labute approximate surface area is 230 Å². The molecule has 202 valence electrons. The van der Waals surface area contributed by atoms with E-state index in [4.69, 9.17) is 11.6 Å². The first kappa shape index (κ1) is 29.4. The number of amides is 2. The second-order valence-electron chi connectivity index (χ2n) is 9.18. The summed E-state index contributed by atoms with van der Waals surface area (Å²) in [7, 11) is -2.56. The minimum Gasteiger partial charge on any atom is -0.354 e. The normalized spacial score (nSPS) is 12.2. The van der Waals surface area contributed by atoms with Crippen LogP contribution in [-0.4, -0.2) is 55.6 Å². The Bertz CT molecular complexity index is 1330. The van der Waals surface area contributed by atoms with Crippen LogP contribution >= 0.6 is 11.6 Å². The van der Waals surface area contributed by atoms with Gasteiger partial charge < -0.3 is 10.2 Å². The summed E-state index contributed by atoms with van der Waals surface area (Å²) < 4.78 is 27.4. The van der Waals surface area contributed by atoms with Crippen molar-refractivity contribution in [1.82, 2.24) is 14.5 Å². The van der Waals surface area contributed by atoms with Crippen molar-refractivity contribution in [1.29, 1.82) is 0 Å². The predicted molar refractivity (Wildman–Crippen MR) is 150 cm³/mol. The number of hydrogen-bond acceptors (Lipinski definition) is 4. The summed E-state index contributed by atoms with van der Waals surface area (Å²) in [4.78, 5) is 28.7. The molecule has 3 aromatic rings. The maximum atomic E-state index is 13.8. The van der Waals surface area contributed by atoms with E-state index >= 15 is 0 Å². The van der Waals surface area contributed by atoms with Gasteiger partial charge in [0.1, 0.15) is 6.04 Å². The van der Waals surface area contributed by atoms with Gasteiger partial charge in [0.05, 0.1) is 11.4 Å². The van der Waals surface area contributed by atoms with Crippen molar-refractivity contribution < 1.29 is 18.0 Å². The highest BCUT2D eigenvalue weighted by Gasteiger charge is 2.33. The predicted octanol–water partition coefficient (Wildman–Crippen LogP) is 4.44. The van der Waals surface area contributed by atoms with Crippen LogP contribution in [0, 0.1) is 6.92 Å². The van der Waals surface area contributed by atoms with Gasteiger partial charge in [-0.3, -0.25) is 9.59 Å². The number of carbonyl (C=O) groups is 2. The monoisotopic (exact) mass is 555 g/mol. The van der Waals surface area contributed by atoms with Gasteiger partial charge in [-0.15, -0.1) is 0 Å². The zero-order valence-corrected chi connectivity index (χ0v) is 23.5. The molecule has 3 rings (SSSR count). The third kappa shape index (κ3) is 7.66. The molecular formula is C29H34ClN3O4S. The zero-order chi connectivity index (χ0) is 27.7. The Morgan fingerprint density at radius 3 is 2.21 bits per heavy atom. The highest BCUT2D eigenvalue weighted by molar-refractivity contribution is 7.89. The third-order valence-corrected chi connectivity index (χ3v) is 8.39. The summed E-state index contributed by atoms with van der Waals surface area (Å²) in [6.07, 6.45) is 1.00. The first-order valence-corrected chi connectivity index (χ1v) is 14.3. The van der Waals surface area contributed by atoms with Crippen LogP contribution in [0.1, 0.15) is 30.0 Å². The van der Waals surface area contributed by atoms with Crippen LogP contribution in [-0.2, 0) is 32.6 Å². The molecule has 7 nitrogen and oxygen atoms in total. The molecule has 3 aromatic carbocycles. The van der Waals surface area contributed by atoms with E-state index in [0.717, 1.165) is 21.9 Å². The van der Waals surface area contributed by atoms with Crippen molar-refractivity contribution in [2.24, 2.45) is 0 Å². The van der Waals surface area contributed by atoms with Crippen LogP contribution in [0.2, 0.25) is 5.02 Å². The number of carbonyl (C=O) groups excluding carboxylic acids is 2. The van der Waals surface area contributed by atoms with Crippen LogP contribution < -0.4 is 5.32 Å². The molecule has 0 fully saturated rings. The number of likely N-dealkylation sites (N-methyl/N-ethyl adjacent to an activating group) is 1. The lowest BCUT2D eigenvalue weighted by Crippen LogP contribution is -2.53. The van der Waals surface area contributed by atoms with Crippen molar-refractivity contribution in [2.75, 3.05) is 20.1 Å². The summed E-state index contributed by atoms with van der Waals surface area (Å²) in [6.45, 7) is 3.89. The van der Waals surface area contributed by atoms with E-state index in [1.54, 1.807) is 36.4 Å². The molecule has 0 bridgehead atoms. The van der Waals surface area contributed by atoms with Crippen LogP contribution in [0.5, 0.6) is 0 Å². The molecule has 0 saturated carbocycles. The lowest BCUT2D eigenvalue weighted by Gasteiger charge is -2.33. The lowest BCUT2D eigenvalue weighted by molar-refractivity contribution is -0.141. The van der Waals surface area contributed by atoms with Crippen LogP contribution in [0.25, 0.3) is 0 Å². The topological polar surface area (TPSA) is 86.8 Å². The van der Waals surface area contributed by atoms with E-state index in [1.807, 2.05) is 44.2 Å². The molecule has 0 heterocycles. The maximum Gasteiger partial charge on any atom is 0.243 e. The largest absolute Gasteiger partial charge is 0.354 e. The molecular weight excluding hydrogens is 522 g/mol. The number of nitrogens with zero attached hydrogens (tertiary/aromatic N) is 2. The number of halogens is 1. The van der Waals surface area contributed by atoms with Gasteiger partial charge in [-0.1, -0.05) is 84.8 Å². The van der Waals surface area contributed by atoms with Gasteiger partial charge in [-0.25, -0.2) is 8.42 Å². The van der Waals surface area contributed by atoms with Gasteiger partial charge in [-0.05, 0) is 42.7 Å². The van der Waals surface area contributed by atoms with E-state index in [0.29, 0.717) is 17.1 Å². The number of rotatable bonds is 12. The molecule has 38 heavy (non-hydrogen) atoms. The van der Waals surface area contributed by atoms with Crippen LogP contribution in [0.3, 0.4) is 0 Å². The molecule has 0 radical (unpaired) electrons. The average molecular weight is 556 g/mol. The number of sulfonamides is 1. The molecule has 0 unspecified atom stereocenters. The number of nitrogens with one attached hydrogen (secondary N) is 1. The fourth-order valence-corrected chi connectivity index (χ4v) is 5.30. The Morgan fingerprint density at radius 2 is 1.58 bits per heavy atom. The molecule has 0 aliphatic heterocycles. The summed E-state index contributed by atoms with van der Waals surface area (Å²) in [5.41, 5.74) is 2.46. The number of aryl methyl sites for hydroxylation is 1.